The molecule has 0 spiro atoms. The summed E-state index contributed by atoms with van der Waals surface area (Å²) >= 11 is 6.03. The average molecular weight is 265 g/mol. The predicted octanol–water partition coefficient (Wildman–Crippen LogP) is 1.87. The van der Waals surface area contributed by atoms with Gasteiger partial charge in [0.1, 0.15) is 6.29 Å². The van der Waals surface area contributed by atoms with Gasteiger partial charge in [0, 0.05) is 11.7 Å². The van der Waals surface area contributed by atoms with Crippen LogP contribution in [-0.4, -0.2) is 10.9 Å². The number of carbonyl (C=O) groups excluding carboxylic acids is 1. The lowest BCUT2D eigenvalue weighted by molar-refractivity contribution is -0.108. The molecule has 0 saturated heterocycles. The van der Waals surface area contributed by atoms with Crippen molar-refractivity contribution in [3.63, 3.8) is 0 Å². The summed E-state index contributed by atoms with van der Waals surface area (Å²) in [6.07, 6.45) is 0.677. The number of fused-ring (bicyclic) bond motifs is 1. The molecule has 2 N–H and O–H groups in total. The van der Waals surface area contributed by atoms with Crippen molar-refractivity contribution >= 4 is 28.7 Å². The lowest BCUT2D eigenvalue weighted by Crippen LogP contribution is -2.27. The second-order valence-corrected chi connectivity index (χ2v) is 4.55. The molecule has 4 nitrogen and oxygen atoms in total. The highest BCUT2D eigenvalue weighted by molar-refractivity contribution is 6.35. The number of aromatic nitrogens is 1. The van der Waals surface area contributed by atoms with Crippen molar-refractivity contribution in [1.82, 2.24) is 4.57 Å². The third-order valence-corrected chi connectivity index (χ3v) is 3.16. The summed E-state index contributed by atoms with van der Waals surface area (Å²) in [5.74, 6) is 0. The Balaban J connectivity index is 2.90. The molecule has 18 heavy (non-hydrogen) atoms. The Labute approximate surface area is 109 Å². The molecule has 94 valence electrons. The van der Waals surface area contributed by atoms with E-state index in [1.54, 1.807) is 31.2 Å². The van der Waals surface area contributed by atoms with Crippen molar-refractivity contribution in [2.45, 2.75) is 19.5 Å². The van der Waals surface area contributed by atoms with Crippen LogP contribution in [0.15, 0.2) is 29.1 Å². The van der Waals surface area contributed by atoms with E-state index in [4.69, 9.17) is 17.3 Å². The number of nitrogens with zero attached hydrogens (tertiary/aromatic N) is 1. The first-order valence-electron chi connectivity index (χ1n) is 5.57. The highest BCUT2D eigenvalue weighted by atomic mass is 35.5. The number of hydrogen-bond donors (Lipinski definition) is 1. The molecule has 5 heteroatoms. The molecule has 0 aliphatic carbocycles. The topological polar surface area (TPSA) is 65.1 Å². The maximum Gasteiger partial charge on any atom is 0.260 e. The van der Waals surface area contributed by atoms with Crippen LogP contribution in [0.5, 0.6) is 0 Å². The molecule has 2 aromatic rings. The van der Waals surface area contributed by atoms with Gasteiger partial charge in [0.25, 0.3) is 5.56 Å². The minimum atomic E-state index is -0.332. The van der Waals surface area contributed by atoms with Gasteiger partial charge in [0.15, 0.2) is 0 Å². The van der Waals surface area contributed by atoms with E-state index in [2.05, 4.69) is 0 Å². The fraction of sp³-hybridized carbons (Fsp3) is 0.231. The van der Waals surface area contributed by atoms with Crippen LogP contribution in [0.1, 0.15) is 18.7 Å². The number of nitrogens with two attached hydrogens (primary N) is 1. The van der Waals surface area contributed by atoms with Gasteiger partial charge >= 0.3 is 0 Å². The van der Waals surface area contributed by atoms with E-state index in [0.717, 1.165) is 5.39 Å². The third kappa shape index (κ3) is 2.05. The van der Waals surface area contributed by atoms with Crippen molar-refractivity contribution < 1.29 is 4.79 Å². The Morgan fingerprint density at radius 1 is 1.50 bits per heavy atom. The van der Waals surface area contributed by atoms with Crippen LogP contribution in [0.4, 0.5) is 0 Å². The van der Waals surface area contributed by atoms with Gasteiger partial charge in [-0.25, -0.2) is 0 Å². The summed E-state index contributed by atoms with van der Waals surface area (Å²) in [7, 11) is 0. The first-order valence-corrected chi connectivity index (χ1v) is 5.95. The highest BCUT2D eigenvalue weighted by Crippen LogP contribution is 2.22. The van der Waals surface area contributed by atoms with Crippen molar-refractivity contribution in [3.8, 4) is 0 Å². The van der Waals surface area contributed by atoms with Gasteiger partial charge in [-0.2, -0.15) is 0 Å². The van der Waals surface area contributed by atoms with E-state index in [-0.39, 0.29) is 18.1 Å². The number of carbonyl (C=O) groups is 1. The van der Waals surface area contributed by atoms with E-state index in [9.17, 15) is 9.59 Å². The van der Waals surface area contributed by atoms with Crippen molar-refractivity contribution in [3.05, 3.63) is 45.3 Å². The zero-order chi connectivity index (χ0) is 13.3. The Bertz CT molecular complexity index is 662. The SMILES string of the molecule is C[C@H](N)c1cc2cccc(Cl)c2c(=O)n1CC=O. The van der Waals surface area contributed by atoms with Crippen molar-refractivity contribution in [2.24, 2.45) is 5.73 Å². The van der Waals surface area contributed by atoms with Gasteiger partial charge in [-0.05, 0) is 24.4 Å². The van der Waals surface area contributed by atoms with Gasteiger partial charge in [-0.1, -0.05) is 23.7 Å². The normalized spacial score (nSPS) is 12.6. The summed E-state index contributed by atoms with van der Waals surface area (Å²) in [5.41, 5.74) is 6.18. The zero-order valence-electron chi connectivity index (χ0n) is 9.89. The van der Waals surface area contributed by atoms with E-state index in [0.29, 0.717) is 22.4 Å². The molecule has 0 fully saturated rings. The minimum absolute atomic E-state index is 0.0170. The molecule has 2 rings (SSSR count). The van der Waals surface area contributed by atoms with Crippen LogP contribution in [0.3, 0.4) is 0 Å². The lowest BCUT2D eigenvalue weighted by atomic mass is 10.1. The van der Waals surface area contributed by atoms with Crippen LogP contribution >= 0.6 is 11.6 Å². The second-order valence-electron chi connectivity index (χ2n) is 4.14. The molecule has 1 atom stereocenters. The van der Waals surface area contributed by atoms with Gasteiger partial charge < -0.3 is 15.1 Å². The van der Waals surface area contributed by atoms with E-state index in [1.165, 1.54) is 4.57 Å². The number of hydrogen-bond acceptors (Lipinski definition) is 3. The maximum absolute atomic E-state index is 12.3. The van der Waals surface area contributed by atoms with E-state index < -0.39 is 0 Å². The van der Waals surface area contributed by atoms with Gasteiger partial charge in [0.2, 0.25) is 0 Å². The minimum Gasteiger partial charge on any atom is -0.323 e. The highest BCUT2D eigenvalue weighted by Gasteiger charge is 2.13. The molecular formula is C13H13ClN2O2. The molecule has 0 bridgehead atoms. The van der Waals surface area contributed by atoms with Gasteiger partial charge in [-0.3, -0.25) is 4.79 Å². The van der Waals surface area contributed by atoms with Crippen LogP contribution < -0.4 is 11.3 Å². The van der Waals surface area contributed by atoms with Gasteiger partial charge in [-0.15, -0.1) is 0 Å². The second kappa shape index (κ2) is 4.92. The quantitative estimate of drug-likeness (QED) is 0.861. The molecule has 0 aliphatic heterocycles. The summed E-state index contributed by atoms with van der Waals surface area (Å²) in [6.45, 7) is 1.75. The molecule has 0 unspecified atom stereocenters. The Morgan fingerprint density at radius 2 is 2.22 bits per heavy atom. The molecule has 1 aromatic heterocycles. The largest absolute Gasteiger partial charge is 0.323 e. The van der Waals surface area contributed by atoms with Crippen LogP contribution in [0.2, 0.25) is 5.02 Å². The average Bonchev–Trinajstić information content (AvgIpc) is 2.32. The number of benzene rings is 1. The zero-order valence-corrected chi connectivity index (χ0v) is 10.6. The smallest absolute Gasteiger partial charge is 0.260 e. The number of pyridine rings is 1. The number of rotatable bonds is 3. The lowest BCUT2D eigenvalue weighted by Gasteiger charge is -2.15. The van der Waals surface area contributed by atoms with Gasteiger partial charge in [0.05, 0.1) is 17.0 Å². The fourth-order valence-electron chi connectivity index (χ4n) is 2.02. The van der Waals surface area contributed by atoms with Crippen molar-refractivity contribution in [1.29, 1.82) is 0 Å². The summed E-state index contributed by atoms with van der Waals surface area (Å²) in [4.78, 5) is 23.0. The first-order chi connectivity index (χ1) is 8.56. The summed E-state index contributed by atoms with van der Waals surface area (Å²) < 4.78 is 1.37. The fourth-order valence-corrected chi connectivity index (χ4v) is 2.28. The monoisotopic (exact) mass is 264 g/mol. The Kier molecular flexibility index (Phi) is 3.50. The van der Waals surface area contributed by atoms with Crippen LogP contribution in [0, 0.1) is 0 Å². The molecule has 0 saturated carbocycles. The molecule has 1 heterocycles. The summed E-state index contributed by atoms with van der Waals surface area (Å²) in [6, 6.07) is 6.71. The molecular weight excluding hydrogens is 252 g/mol. The number of aldehydes is 1. The molecule has 0 radical (unpaired) electrons. The standard InChI is InChI=1S/C13H13ClN2O2/c1-8(15)11-7-9-3-2-4-10(14)12(9)13(18)16(11)5-6-17/h2-4,6-8H,5,15H2,1H3/t8-/m0/s1. The molecule has 1 aromatic carbocycles. The predicted molar refractivity (Wildman–Crippen MR) is 71.9 cm³/mol. The third-order valence-electron chi connectivity index (χ3n) is 2.84. The van der Waals surface area contributed by atoms with Crippen LogP contribution in [0.25, 0.3) is 10.8 Å². The van der Waals surface area contributed by atoms with E-state index >= 15 is 0 Å². The van der Waals surface area contributed by atoms with Crippen LogP contribution in [-0.2, 0) is 11.3 Å². The van der Waals surface area contributed by atoms with Crippen molar-refractivity contribution in [2.75, 3.05) is 0 Å². The summed E-state index contributed by atoms with van der Waals surface area (Å²) in [5, 5.41) is 1.54. The molecule has 0 amide bonds. The Hall–Kier alpha value is -1.65. The first kappa shape index (κ1) is 12.8. The molecule has 0 aliphatic rings. The Morgan fingerprint density at radius 3 is 2.83 bits per heavy atom. The maximum atomic E-state index is 12.3. The number of halogens is 1. The van der Waals surface area contributed by atoms with E-state index in [1.807, 2.05) is 0 Å².